The summed E-state index contributed by atoms with van der Waals surface area (Å²) in [6.45, 7) is 4.62. The van der Waals surface area contributed by atoms with Crippen molar-refractivity contribution < 1.29 is 14.4 Å². The Kier molecular flexibility index (Phi) is 10.2. The van der Waals surface area contributed by atoms with Crippen LogP contribution in [0, 0.1) is 5.92 Å². The number of unbranched alkanes of at least 4 members (excludes halogenated alkanes) is 1. The number of hydrogen-bond donors (Lipinski definition) is 2. The van der Waals surface area contributed by atoms with Crippen molar-refractivity contribution in [3.63, 3.8) is 0 Å². The molecule has 2 N–H and O–H groups in total. The summed E-state index contributed by atoms with van der Waals surface area (Å²) < 4.78 is 8.70. The largest absolute Gasteiger partial charge is 0.692 e. The highest BCUT2D eigenvalue weighted by Crippen LogP contribution is 2.36. The van der Waals surface area contributed by atoms with Gasteiger partial charge in [-0.15, -0.1) is 9.79 Å². The summed E-state index contributed by atoms with van der Waals surface area (Å²) in [7, 11) is -2.87. The lowest BCUT2D eigenvalue weighted by Crippen LogP contribution is -2.14. The van der Waals surface area contributed by atoms with E-state index in [1.165, 1.54) is 36.8 Å². The standard InChI is InChI=1S/C20H26.HO3P/c1-3-5-12-17(4-2)20(18-13-8-6-9-14-18)19-15-10-7-11-16-19;1-4(2)3/h6-11,13-17,20H,3-5,12H2,1-2H3;(H-,1,2,3)/p+1. The molecular formula is C20H28O3P+. The van der Waals surface area contributed by atoms with Crippen LogP contribution in [0.25, 0.3) is 0 Å². The minimum atomic E-state index is -2.87. The normalized spacial score (nSPS) is 11.5. The second kappa shape index (κ2) is 11.9. The summed E-state index contributed by atoms with van der Waals surface area (Å²) >= 11 is 0. The van der Waals surface area contributed by atoms with E-state index in [4.69, 9.17) is 14.4 Å². The van der Waals surface area contributed by atoms with Gasteiger partial charge in [-0.05, 0) is 23.5 Å². The van der Waals surface area contributed by atoms with Gasteiger partial charge in [0.05, 0.1) is 0 Å². The Bertz CT molecular complexity index is 528. The molecule has 0 saturated carbocycles. The van der Waals surface area contributed by atoms with Gasteiger partial charge >= 0.3 is 8.25 Å². The van der Waals surface area contributed by atoms with Gasteiger partial charge in [-0.3, -0.25) is 0 Å². The molecule has 24 heavy (non-hydrogen) atoms. The topological polar surface area (TPSA) is 57.5 Å². The Morgan fingerprint density at radius 1 is 0.875 bits per heavy atom. The van der Waals surface area contributed by atoms with E-state index in [0.29, 0.717) is 5.92 Å². The van der Waals surface area contributed by atoms with Crippen LogP contribution < -0.4 is 0 Å². The summed E-state index contributed by atoms with van der Waals surface area (Å²) in [5.74, 6) is 1.27. The van der Waals surface area contributed by atoms with E-state index < -0.39 is 8.25 Å². The first-order valence-corrected chi connectivity index (χ1v) is 9.71. The molecule has 2 aromatic carbocycles. The fraction of sp³-hybridized carbons (Fsp3) is 0.400. The maximum absolute atomic E-state index is 8.70. The van der Waals surface area contributed by atoms with E-state index >= 15 is 0 Å². The van der Waals surface area contributed by atoms with Crippen LogP contribution >= 0.6 is 8.25 Å². The predicted octanol–water partition coefficient (Wildman–Crippen LogP) is 5.66. The molecule has 130 valence electrons. The fourth-order valence-electron chi connectivity index (χ4n) is 3.13. The van der Waals surface area contributed by atoms with Crippen LogP contribution in [0.4, 0.5) is 0 Å². The van der Waals surface area contributed by atoms with Crippen molar-refractivity contribution in [1.29, 1.82) is 0 Å². The molecular weight excluding hydrogens is 319 g/mol. The summed E-state index contributed by atoms with van der Waals surface area (Å²) in [4.78, 5) is 14.2. The smallest absolute Gasteiger partial charge is 0.134 e. The average Bonchev–Trinajstić information content (AvgIpc) is 2.59. The molecule has 4 heteroatoms. The molecule has 0 saturated heterocycles. The van der Waals surface area contributed by atoms with Gasteiger partial charge in [-0.2, -0.15) is 0 Å². The quantitative estimate of drug-likeness (QED) is 0.635. The highest BCUT2D eigenvalue weighted by atomic mass is 31.1. The second-order valence-corrected chi connectivity index (χ2v) is 6.37. The van der Waals surface area contributed by atoms with E-state index in [1.54, 1.807) is 0 Å². The Morgan fingerprint density at radius 3 is 1.62 bits per heavy atom. The summed E-state index contributed by atoms with van der Waals surface area (Å²) in [5.41, 5.74) is 2.92. The van der Waals surface area contributed by atoms with Gasteiger partial charge < -0.3 is 0 Å². The lowest BCUT2D eigenvalue weighted by atomic mass is 9.77. The fourth-order valence-corrected chi connectivity index (χ4v) is 3.13. The molecule has 0 heterocycles. The van der Waals surface area contributed by atoms with Gasteiger partial charge in [0, 0.05) is 10.5 Å². The zero-order chi connectivity index (χ0) is 17.8. The van der Waals surface area contributed by atoms with Crippen LogP contribution in [0.5, 0.6) is 0 Å². The third-order valence-electron chi connectivity index (χ3n) is 4.24. The molecule has 0 aliphatic carbocycles. The zero-order valence-corrected chi connectivity index (χ0v) is 15.4. The first-order chi connectivity index (χ1) is 11.6. The Morgan fingerprint density at radius 2 is 1.29 bits per heavy atom. The number of rotatable bonds is 7. The highest BCUT2D eigenvalue weighted by Gasteiger charge is 2.22. The zero-order valence-electron chi connectivity index (χ0n) is 14.5. The van der Waals surface area contributed by atoms with Crippen LogP contribution in [0.1, 0.15) is 56.6 Å². The van der Waals surface area contributed by atoms with Crippen molar-refractivity contribution in [2.45, 2.75) is 45.4 Å². The molecule has 2 aromatic rings. The highest BCUT2D eigenvalue weighted by molar-refractivity contribution is 7.30. The summed E-state index contributed by atoms with van der Waals surface area (Å²) in [6.07, 6.45) is 5.18. The minimum absolute atomic E-state index is 0.536. The van der Waals surface area contributed by atoms with Crippen LogP contribution in [-0.4, -0.2) is 9.79 Å². The first-order valence-electron chi connectivity index (χ1n) is 8.55. The molecule has 0 amide bonds. The number of hydrogen-bond acceptors (Lipinski definition) is 1. The van der Waals surface area contributed by atoms with Gasteiger partial charge in [-0.25, -0.2) is 0 Å². The van der Waals surface area contributed by atoms with Crippen molar-refractivity contribution in [3.05, 3.63) is 71.8 Å². The van der Waals surface area contributed by atoms with Gasteiger partial charge in [0.1, 0.15) is 0 Å². The van der Waals surface area contributed by atoms with Crippen LogP contribution in [0.2, 0.25) is 0 Å². The lowest BCUT2D eigenvalue weighted by molar-refractivity contribution is 0.405. The molecule has 0 aliphatic rings. The maximum atomic E-state index is 8.70. The molecule has 1 unspecified atom stereocenters. The second-order valence-electron chi connectivity index (χ2n) is 5.86. The van der Waals surface area contributed by atoms with E-state index in [2.05, 4.69) is 74.5 Å². The summed E-state index contributed by atoms with van der Waals surface area (Å²) in [6, 6.07) is 22.0. The first kappa shape index (κ1) is 20.5. The van der Waals surface area contributed by atoms with E-state index in [1.807, 2.05) is 0 Å². The molecule has 0 fully saturated rings. The van der Waals surface area contributed by atoms with Crippen molar-refractivity contribution in [1.82, 2.24) is 0 Å². The lowest BCUT2D eigenvalue weighted by Gasteiger charge is -2.27. The van der Waals surface area contributed by atoms with Crippen LogP contribution in [0.3, 0.4) is 0 Å². The molecule has 0 aromatic heterocycles. The third kappa shape index (κ3) is 7.35. The predicted molar refractivity (Wildman–Crippen MR) is 100 cm³/mol. The average molecular weight is 347 g/mol. The monoisotopic (exact) mass is 347 g/mol. The Labute approximate surface area is 146 Å². The van der Waals surface area contributed by atoms with Crippen LogP contribution in [-0.2, 0) is 4.57 Å². The van der Waals surface area contributed by atoms with Gasteiger partial charge in [0.15, 0.2) is 0 Å². The summed E-state index contributed by atoms with van der Waals surface area (Å²) in [5, 5.41) is 0. The van der Waals surface area contributed by atoms with E-state index in [9.17, 15) is 0 Å². The minimum Gasteiger partial charge on any atom is -0.134 e. The number of benzene rings is 2. The van der Waals surface area contributed by atoms with Crippen LogP contribution in [0.15, 0.2) is 60.7 Å². The SMILES string of the molecule is CCCCC(CC)C(c1ccccc1)c1ccccc1.O=[P+](O)O. The van der Waals surface area contributed by atoms with Crippen molar-refractivity contribution in [3.8, 4) is 0 Å². The van der Waals surface area contributed by atoms with Gasteiger partial charge in [0.2, 0.25) is 0 Å². The maximum Gasteiger partial charge on any atom is 0.692 e. The Balaban J connectivity index is 0.000000648. The van der Waals surface area contributed by atoms with E-state index in [0.717, 1.165) is 5.92 Å². The van der Waals surface area contributed by atoms with E-state index in [-0.39, 0.29) is 0 Å². The molecule has 0 aliphatic heterocycles. The molecule has 0 spiro atoms. The third-order valence-corrected chi connectivity index (χ3v) is 4.24. The molecule has 1 atom stereocenters. The van der Waals surface area contributed by atoms with Crippen molar-refractivity contribution in [2.24, 2.45) is 5.92 Å². The molecule has 0 radical (unpaired) electrons. The van der Waals surface area contributed by atoms with Gasteiger partial charge in [-0.1, -0.05) is 93.8 Å². The molecule has 3 nitrogen and oxygen atoms in total. The molecule has 2 rings (SSSR count). The van der Waals surface area contributed by atoms with Gasteiger partial charge in [0.25, 0.3) is 0 Å². The molecule has 0 bridgehead atoms. The van der Waals surface area contributed by atoms with Crippen molar-refractivity contribution >= 4 is 8.25 Å². The Hall–Kier alpha value is -1.54. The van der Waals surface area contributed by atoms with Crippen molar-refractivity contribution in [2.75, 3.05) is 0 Å².